The number of rotatable bonds is 3. The SMILES string of the molecule is COC(=O)C1C=CC(C2CCC(C(=O)OC)CC2)CC1. The Morgan fingerprint density at radius 1 is 0.850 bits per heavy atom. The molecule has 0 spiro atoms. The molecule has 0 heterocycles. The molecule has 2 atom stereocenters. The third-order valence-corrected chi connectivity index (χ3v) is 4.82. The molecule has 2 unspecified atom stereocenters. The van der Waals surface area contributed by atoms with Crippen molar-refractivity contribution in [1.82, 2.24) is 0 Å². The average molecular weight is 280 g/mol. The third kappa shape index (κ3) is 3.41. The molecule has 0 aromatic heterocycles. The van der Waals surface area contributed by atoms with Crippen LogP contribution in [0.1, 0.15) is 38.5 Å². The molecule has 0 radical (unpaired) electrons. The molecule has 0 bridgehead atoms. The molecule has 1 saturated carbocycles. The Morgan fingerprint density at radius 2 is 1.50 bits per heavy atom. The van der Waals surface area contributed by atoms with Crippen molar-refractivity contribution in [2.75, 3.05) is 14.2 Å². The van der Waals surface area contributed by atoms with E-state index >= 15 is 0 Å². The first-order valence-electron chi connectivity index (χ1n) is 7.49. The van der Waals surface area contributed by atoms with Crippen LogP contribution in [0.15, 0.2) is 12.2 Å². The van der Waals surface area contributed by atoms with Gasteiger partial charge in [0.1, 0.15) is 0 Å². The molecule has 0 N–H and O–H groups in total. The van der Waals surface area contributed by atoms with Crippen LogP contribution in [-0.4, -0.2) is 26.2 Å². The smallest absolute Gasteiger partial charge is 0.312 e. The van der Waals surface area contributed by atoms with Gasteiger partial charge in [-0.1, -0.05) is 12.2 Å². The lowest BCUT2D eigenvalue weighted by Crippen LogP contribution is -2.28. The van der Waals surface area contributed by atoms with Gasteiger partial charge in [0, 0.05) is 0 Å². The lowest BCUT2D eigenvalue weighted by Gasteiger charge is -2.33. The van der Waals surface area contributed by atoms with Gasteiger partial charge in [0.25, 0.3) is 0 Å². The van der Waals surface area contributed by atoms with Crippen LogP contribution in [0.25, 0.3) is 0 Å². The Bertz CT molecular complexity index is 380. The maximum Gasteiger partial charge on any atom is 0.312 e. The summed E-state index contributed by atoms with van der Waals surface area (Å²) >= 11 is 0. The molecule has 0 saturated heterocycles. The Labute approximate surface area is 120 Å². The number of hydrogen-bond donors (Lipinski definition) is 0. The number of ether oxygens (including phenoxy) is 2. The van der Waals surface area contributed by atoms with Crippen molar-refractivity contribution in [1.29, 1.82) is 0 Å². The highest BCUT2D eigenvalue weighted by Crippen LogP contribution is 2.38. The molecule has 4 nitrogen and oxygen atoms in total. The van der Waals surface area contributed by atoms with Gasteiger partial charge in [0.05, 0.1) is 26.1 Å². The minimum atomic E-state index is -0.130. The van der Waals surface area contributed by atoms with Crippen LogP contribution in [0.2, 0.25) is 0 Å². The van der Waals surface area contributed by atoms with Gasteiger partial charge in [-0.3, -0.25) is 9.59 Å². The number of allylic oxidation sites excluding steroid dienone is 1. The number of hydrogen-bond acceptors (Lipinski definition) is 4. The highest BCUT2D eigenvalue weighted by Gasteiger charge is 2.32. The summed E-state index contributed by atoms with van der Waals surface area (Å²) < 4.78 is 9.60. The summed E-state index contributed by atoms with van der Waals surface area (Å²) in [6.45, 7) is 0. The summed E-state index contributed by atoms with van der Waals surface area (Å²) in [4.78, 5) is 23.0. The molecule has 20 heavy (non-hydrogen) atoms. The topological polar surface area (TPSA) is 52.6 Å². The molecule has 0 aromatic carbocycles. The van der Waals surface area contributed by atoms with Crippen LogP contribution in [0.4, 0.5) is 0 Å². The van der Waals surface area contributed by atoms with E-state index in [0.717, 1.165) is 38.5 Å². The van der Waals surface area contributed by atoms with E-state index in [-0.39, 0.29) is 23.8 Å². The second-order valence-electron chi connectivity index (χ2n) is 5.89. The van der Waals surface area contributed by atoms with E-state index < -0.39 is 0 Å². The van der Waals surface area contributed by atoms with Gasteiger partial charge >= 0.3 is 11.9 Å². The second-order valence-corrected chi connectivity index (χ2v) is 5.89. The van der Waals surface area contributed by atoms with E-state index in [4.69, 9.17) is 9.47 Å². The van der Waals surface area contributed by atoms with Crippen molar-refractivity contribution in [2.24, 2.45) is 23.7 Å². The van der Waals surface area contributed by atoms with Crippen molar-refractivity contribution in [3.8, 4) is 0 Å². The number of carbonyl (C=O) groups is 2. The zero-order chi connectivity index (χ0) is 14.5. The monoisotopic (exact) mass is 280 g/mol. The van der Waals surface area contributed by atoms with Crippen molar-refractivity contribution >= 4 is 11.9 Å². The normalized spacial score (nSPS) is 33.5. The predicted octanol–water partition coefficient (Wildman–Crippen LogP) is 2.72. The molecule has 2 rings (SSSR count). The summed E-state index contributed by atoms with van der Waals surface area (Å²) in [5, 5.41) is 0. The van der Waals surface area contributed by atoms with Gasteiger partial charge in [-0.2, -0.15) is 0 Å². The van der Waals surface area contributed by atoms with E-state index in [1.807, 2.05) is 6.08 Å². The van der Waals surface area contributed by atoms with Crippen LogP contribution < -0.4 is 0 Å². The Balaban J connectivity index is 1.83. The molecule has 0 aliphatic heterocycles. The summed E-state index contributed by atoms with van der Waals surface area (Å²) in [7, 11) is 2.90. The first-order valence-corrected chi connectivity index (χ1v) is 7.49. The summed E-state index contributed by atoms with van der Waals surface area (Å²) in [5.74, 6) is 1.03. The zero-order valence-electron chi connectivity index (χ0n) is 12.3. The Hall–Kier alpha value is -1.32. The maximum atomic E-state index is 11.5. The van der Waals surface area contributed by atoms with Gasteiger partial charge in [-0.05, 0) is 50.4 Å². The third-order valence-electron chi connectivity index (χ3n) is 4.82. The number of methoxy groups -OCH3 is 2. The van der Waals surface area contributed by atoms with Crippen molar-refractivity contribution < 1.29 is 19.1 Å². The second kappa shape index (κ2) is 6.91. The molecule has 0 amide bonds. The molecular formula is C16H24O4. The molecule has 0 aromatic rings. The molecule has 1 fully saturated rings. The fraction of sp³-hybridized carbons (Fsp3) is 0.750. The summed E-state index contributed by atoms with van der Waals surface area (Å²) in [6.07, 6.45) is 10.1. The van der Waals surface area contributed by atoms with Crippen molar-refractivity contribution in [2.45, 2.75) is 38.5 Å². The summed E-state index contributed by atoms with van der Waals surface area (Å²) in [6, 6.07) is 0. The van der Waals surface area contributed by atoms with Gasteiger partial charge in [0.2, 0.25) is 0 Å². The highest BCUT2D eigenvalue weighted by atomic mass is 16.5. The quantitative estimate of drug-likeness (QED) is 0.589. The maximum absolute atomic E-state index is 11.5. The van der Waals surface area contributed by atoms with Gasteiger partial charge in [-0.25, -0.2) is 0 Å². The summed E-state index contributed by atoms with van der Waals surface area (Å²) in [5.41, 5.74) is 0. The fourth-order valence-electron chi connectivity index (χ4n) is 3.53. The van der Waals surface area contributed by atoms with E-state index in [0.29, 0.717) is 11.8 Å². The van der Waals surface area contributed by atoms with Crippen LogP contribution in [0.3, 0.4) is 0 Å². The largest absolute Gasteiger partial charge is 0.469 e. The molecule has 112 valence electrons. The zero-order valence-corrected chi connectivity index (χ0v) is 12.3. The van der Waals surface area contributed by atoms with Gasteiger partial charge in [-0.15, -0.1) is 0 Å². The minimum Gasteiger partial charge on any atom is -0.469 e. The van der Waals surface area contributed by atoms with Crippen LogP contribution >= 0.6 is 0 Å². The van der Waals surface area contributed by atoms with Crippen molar-refractivity contribution in [3.05, 3.63) is 12.2 Å². The van der Waals surface area contributed by atoms with E-state index in [1.54, 1.807) is 0 Å². The van der Waals surface area contributed by atoms with Gasteiger partial charge in [0.15, 0.2) is 0 Å². The molecule has 4 heteroatoms. The van der Waals surface area contributed by atoms with Crippen LogP contribution in [0.5, 0.6) is 0 Å². The standard InChI is InChI=1S/C16H24O4/c1-19-15(17)13-7-3-11(4-8-13)12-5-9-14(10-6-12)16(18)20-2/h3,7,11-14H,4-6,8-10H2,1-2H3. The van der Waals surface area contributed by atoms with Crippen molar-refractivity contribution in [3.63, 3.8) is 0 Å². The van der Waals surface area contributed by atoms with Crippen LogP contribution in [-0.2, 0) is 19.1 Å². The van der Waals surface area contributed by atoms with E-state index in [1.165, 1.54) is 14.2 Å². The Kier molecular flexibility index (Phi) is 5.21. The first kappa shape index (κ1) is 15.1. The number of esters is 2. The average Bonchev–Trinajstić information content (AvgIpc) is 2.53. The van der Waals surface area contributed by atoms with Gasteiger partial charge < -0.3 is 9.47 Å². The molecule has 2 aliphatic carbocycles. The minimum absolute atomic E-state index is 0.0617. The fourth-order valence-corrected chi connectivity index (χ4v) is 3.53. The van der Waals surface area contributed by atoms with E-state index in [2.05, 4.69) is 6.08 Å². The number of carbonyl (C=O) groups excluding carboxylic acids is 2. The predicted molar refractivity (Wildman–Crippen MR) is 74.8 cm³/mol. The Morgan fingerprint density at radius 3 is 2.00 bits per heavy atom. The lowest BCUT2D eigenvalue weighted by atomic mass is 9.72. The first-order chi connectivity index (χ1) is 9.65. The highest BCUT2D eigenvalue weighted by molar-refractivity contribution is 5.74. The molecular weight excluding hydrogens is 256 g/mol. The lowest BCUT2D eigenvalue weighted by molar-refractivity contribution is -0.147. The van der Waals surface area contributed by atoms with Crippen LogP contribution in [0, 0.1) is 23.7 Å². The molecule has 2 aliphatic rings. The van der Waals surface area contributed by atoms with E-state index in [9.17, 15) is 9.59 Å².